The second-order valence-corrected chi connectivity index (χ2v) is 8.32. The van der Waals surface area contributed by atoms with Crippen molar-refractivity contribution in [3.05, 3.63) is 70.3 Å². The molecule has 0 atom stereocenters. The van der Waals surface area contributed by atoms with Gasteiger partial charge in [-0.25, -0.2) is 0 Å². The van der Waals surface area contributed by atoms with E-state index < -0.39 is 0 Å². The molecule has 1 amide bonds. The van der Waals surface area contributed by atoms with E-state index in [0.29, 0.717) is 28.3 Å². The Morgan fingerprint density at radius 2 is 1.77 bits per heavy atom. The van der Waals surface area contributed by atoms with Crippen molar-refractivity contribution in [3.8, 4) is 0 Å². The number of carbonyl (C=O) groups is 1. The first-order chi connectivity index (χ1) is 12.7. The zero-order valence-electron chi connectivity index (χ0n) is 14.4. The topological polar surface area (TPSA) is 51.1 Å². The summed E-state index contributed by atoms with van der Waals surface area (Å²) in [4.78, 5) is 24.1. The number of hydrogen-bond donors (Lipinski definition) is 1. The molecule has 1 heterocycles. The molecule has 0 fully saturated rings. The molecule has 0 saturated carbocycles. The number of rotatable bonds is 8. The Labute approximate surface area is 157 Å². The van der Waals surface area contributed by atoms with Gasteiger partial charge in [0.15, 0.2) is 0 Å². The van der Waals surface area contributed by atoms with Gasteiger partial charge in [0.25, 0.3) is 0 Å². The number of unbranched alkanes of at least 4 members (excludes halogenated alkanes) is 3. The van der Waals surface area contributed by atoms with E-state index in [1.807, 2.05) is 18.2 Å². The Hall–Kier alpha value is -2.17. The Kier molecular flexibility index (Phi) is 6.42. The molecule has 1 N–H and O–H groups in total. The Morgan fingerprint density at radius 1 is 1.00 bits per heavy atom. The van der Waals surface area contributed by atoms with Crippen LogP contribution >= 0.6 is 0 Å². The number of nitrogens with zero attached hydrogens (tertiary/aromatic N) is 1. The summed E-state index contributed by atoms with van der Waals surface area (Å²) in [5.74, 6) is -0.316. The number of nitrogens with one attached hydrogen (secondary N) is 1. The Balaban J connectivity index is 1.37. The first kappa shape index (κ1) is 18.6. The summed E-state index contributed by atoms with van der Waals surface area (Å²) in [5, 5.41) is 3.44. The van der Waals surface area contributed by atoms with E-state index in [4.69, 9.17) is 0 Å². The van der Waals surface area contributed by atoms with E-state index in [-0.39, 0.29) is 32.0 Å². The minimum atomic E-state index is -0.271. The van der Waals surface area contributed by atoms with Crippen molar-refractivity contribution in [2.45, 2.75) is 32.2 Å². The number of amides is 1. The van der Waals surface area contributed by atoms with Gasteiger partial charge in [-0.2, -0.15) is 0 Å². The summed E-state index contributed by atoms with van der Waals surface area (Å²) < 4.78 is 16.1. The van der Waals surface area contributed by atoms with Gasteiger partial charge in [0.1, 0.15) is 0 Å². The molecule has 3 rings (SSSR count). The van der Waals surface area contributed by atoms with E-state index in [9.17, 15) is 14.0 Å². The van der Waals surface area contributed by atoms with Crippen molar-refractivity contribution in [2.24, 2.45) is 0 Å². The third kappa shape index (κ3) is 4.51. The molecule has 0 radical (unpaired) electrons. The summed E-state index contributed by atoms with van der Waals surface area (Å²) in [5.41, 5.74) is 0.628. The maximum absolute atomic E-state index is 13.8. The van der Waals surface area contributed by atoms with Crippen LogP contribution in [0.1, 0.15) is 36.0 Å². The van der Waals surface area contributed by atoms with Crippen LogP contribution in [0, 0.1) is 5.82 Å². The zero-order valence-corrected chi connectivity index (χ0v) is 16.1. The predicted molar refractivity (Wildman–Crippen MR) is 102 cm³/mol. The average molecular weight is 419 g/mol. The van der Waals surface area contributed by atoms with Gasteiger partial charge in [-0.3, -0.25) is 0 Å². The van der Waals surface area contributed by atoms with Crippen LogP contribution in [0.2, 0.25) is 0 Å². The normalized spacial score (nSPS) is 11.0. The van der Waals surface area contributed by atoms with E-state index in [0.717, 1.165) is 25.7 Å². The van der Waals surface area contributed by atoms with Crippen molar-refractivity contribution in [3.63, 3.8) is 0 Å². The molecule has 0 aliphatic heterocycles. The molecule has 0 unspecified atom stereocenters. The molecule has 2 aromatic carbocycles. The van der Waals surface area contributed by atoms with Crippen molar-refractivity contribution in [1.82, 2.24) is 8.88 Å². The van der Waals surface area contributed by atoms with Gasteiger partial charge < -0.3 is 0 Å². The van der Waals surface area contributed by atoms with Gasteiger partial charge in [0, 0.05) is 0 Å². The number of halogens is 1. The molecule has 136 valence electrons. The fourth-order valence-electron chi connectivity index (χ4n) is 2.83. The van der Waals surface area contributed by atoms with Crippen LogP contribution in [-0.2, 0) is 6.54 Å². The van der Waals surface area contributed by atoms with Crippen LogP contribution < -0.4 is 10.9 Å². The van der Waals surface area contributed by atoms with Gasteiger partial charge >= 0.3 is 151 Å². The predicted octanol–water partition coefficient (Wildman–Crippen LogP) is 3.19. The standard InChI is InChI=1S/C20H21FN2O2Se/c21-17-12-8-11-16-18(17)26-23(20(16)25)14-7-2-1-6-13-22-19(24)15-9-4-3-5-10-15/h3-5,8-12H,1-2,6-7,13-14H2,(H,22,24). The molecular weight excluding hydrogens is 398 g/mol. The Bertz CT molecular complexity index is 934. The quantitative estimate of drug-likeness (QED) is 0.451. The molecular formula is C20H21FN2O2Se. The number of fused-ring (bicyclic) bond motifs is 1. The third-order valence-electron chi connectivity index (χ3n) is 4.23. The van der Waals surface area contributed by atoms with E-state index in [1.165, 1.54) is 6.07 Å². The molecule has 3 aromatic rings. The van der Waals surface area contributed by atoms with Crippen molar-refractivity contribution >= 4 is 30.3 Å². The van der Waals surface area contributed by atoms with E-state index in [2.05, 4.69) is 5.32 Å². The summed E-state index contributed by atoms with van der Waals surface area (Å²) in [6.45, 7) is 1.32. The molecule has 0 bridgehead atoms. The van der Waals surface area contributed by atoms with Crippen LogP contribution in [-0.4, -0.2) is 30.7 Å². The summed E-state index contributed by atoms with van der Waals surface area (Å²) in [6, 6.07) is 13.9. The second-order valence-electron chi connectivity index (χ2n) is 6.15. The van der Waals surface area contributed by atoms with Crippen molar-refractivity contribution in [2.75, 3.05) is 6.54 Å². The minimum absolute atomic E-state index is 0.0456. The SMILES string of the molecule is O=C(NCCCCCCn1[se]c2c(F)cccc2c1=O)c1ccccc1. The second kappa shape index (κ2) is 8.97. The van der Waals surface area contributed by atoms with Crippen LogP contribution in [0.15, 0.2) is 53.3 Å². The Morgan fingerprint density at radius 3 is 2.54 bits per heavy atom. The molecule has 0 aliphatic carbocycles. The number of benzene rings is 2. The van der Waals surface area contributed by atoms with Gasteiger partial charge in [-0.15, -0.1) is 0 Å². The maximum atomic E-state index is 13.8. The monoisotopic (exact) mass is 420 g/mol. The molecule has 26 heavy (non-hydrogen) atoms. The number of aromatic nitrogens is 1. The molecule has 0 aliphatic rings. The molecule has 0 spiro atoms. The summed E-state index contributed by atoms with van der Waals surface area (Å²) >= 11 is -0.249. The van der Waals surface area contributed by atoms with E-state index >= 15 is 0 Å². The third-order valence-corrected chi connectivity index (χ3v) is 6.68. The number of aryl methyl sites for hydroxylation is 1. The van der Waals surface area contributed by atoms with Gasteiger partial charge in [0.2, 0.25) is 0 Å². The van der Waals surface area contributed by atoms with Crippen LogP contribution in [0.4, 0.5) is 4.39 Å². The van der Waals surface area contributed by atoms with Crippen molar-refractivity contribution < 1.29 is 9.18 Å². The number of carbonyl (C=O) groups excluding carboxylic acids is 1. The first-order valence-electron chi connectivity index (χ1n) is 8.78. The van der Waals surface area contributed by atoms with Gasteiger partial charge in [-0.1, -0.05) is 6.07 Å². The van der Waals surface area contributed by atoms with Crippen molar-refractivity contribution in [1.29, 1.82) is 0 Å². The van der Waals surface area contributed by atoms with Crippen LogP contribution in [0.5, 0.6) is 0 Å². The molecule has 0 saturated heterocycles. The molecule has 1 aromatic heterocycles. The fraction of sp³-hybridized carbons (Fsp3) is 0.300. The zero-order chi connectivity index (χ0) is 18.4. The molecule has 4 nitrogen and oxygen atoms in total. The summed E-state index contributed by atoms with van der Waals surface area (Å²) in [7, 11) is 0. The van der Waals surface area contributed by atoms with Crippen LogP contribution in [0.3, 0.4) is 0 Å². The van der Waals surface area contributed by atoms with Gasteiger partial charge in [-0.05, 0) is 0 Å². The van der Waals surface area contributed by atoms with E-state index in [1.54, 1.807) is 27.8 Å². The number of hydrogen-bond acceptors (Lipinski definition) is 2. The van der Waals surface area contributed by atoms with Crippen LogP contribution in [0.25, 0.3) is 9.65 Å². The molecule has 6 heteroatoms. The average Bonchev–Trinajstić information content (AvgIpc) is 2.99. The van der Waals surface area contributed by atoms with Gasteiger partial charge in [0.05, 0.1) is 0 Å². The summed E-state index contributed by atoms with van der Waals surface area (Å²) in [6.07, 6.45) is 3.79. The fourth-order valence-corrected chi connectivity index (χ4v) is 4.99. The first-order valence-corrected chi connectivity index (χ1v) is 10.4.